The zero-order valence-corrected chi connectivity index (χ0v) is 16.9. The number of benzene rings is 2. The van der Waals surface area contributed by atoms with Crippen LogP contribution < -0.4 is 19.6 Å². The Morgan fingerprint density at radius 2 is 1.86 bits per heavy atom. The van der Waals surface area contributed by atoms with Gasteiger partial charge in [0.1, 0.15) is 5.75 Å². The summed E-state index contributed by atoms with van der Waals surface area (Å²) in [5.74, 6) is 2.11. The molecule has 0 saturated carbocycles. The molecule has 2 rings (SSSR count). The van der Waals surface area contributed by atoms with Gasteiger partial charge in [0.25, 0.3) is 5.91 Å². The van der Waals surface area contributed by atoms with Gasteiger partial charge in [-0.15, -0.1) is 0 Å². The van der Waals surface area contributed by atoms with Gasteiger partial charge in [0.05, 0.1) is 19.9 Å². The molecule has 0 bridgehead atoms. The molecule has 0 fully saturated rings. The van der Waals surface area contributed by atoms with Crippen molar-refractivity contribution in [1.29, 1.82) is 0 Å². The lowest BCUT2D eigenvalue weighted by atomic mass is 9.99. The largest absolute Gasteiger partial charge is 0.493 e. The smallest absolute Gasteiger partial charge is 0.277 e. The molecule has 0 aromatic heterocycles. The minimum Gasteiger partial charge on any atom is -0.493 e. The van der Waals surface area contributed by atoms with Gasteiger partial charge in [-0.2, -0.15) is 5.10 Å². The van der Waals surface area contributed by atoms with Crippen LogP contribution in [0.5, 0.6) is 17.2 Å². The van der Waals surface area contributed by atoms with E-state index in [9.17, 15) is 4.79 Å². The first-order valence-corrected chi connectivity index (χ1v) is 9.42. The van der Waals surface area contributed by atoms with Crippen LogP contribution in [0.1, 0.15) is 44.2 Å². The number of hydrogen-bond acceptors (Lipinski definition) is 5. The van der Waals surface area contributed by atoms with Gasteiger partial charge in [-0.1, -0.05) is 26.0 Å². The van der Waals surface area contributed by atoms with Crippen molar-refractivity contribution in [3.05, 3.63) is 53.6 Å². The molecular formula is C22H28N2O4. The summed E-state index contributed by atoms with van der Waals surface area (Å²) in [6, 6.07) is 13.2. The Labute approximate surface area is 166 Å². The highest BCUT2D eigenvalue weighted by Gasteiger charge is 2.06. The first kappa shape index (κ1) is 21.3. The van der Waals surface area contributed by atoms with Gasteiger partial charge in [-0.25, -0.2) is 5.43 Å². The molecule has 0 radical (unpaired) electrons. The number of nitrogens with one attached hydrogen (secondary N) is 1. The van der Waals surface area contributed by atoms with Crippen LogP contribution in [0.15, 0.2) is 47.6 Å². The van der Waals surface area contributed by atoms with Gasteiger partial charge in [0, 0.05) is 0 Å². The number of carbonyl (C=O) groups excluding carboxylic acids is 1. The number of ether oxygens (including phenoxy) is 3. The lowest BCUT2D eigenvalue weighted by molar-refractivity contribution is -0.123. The summed E-state index contributed by atoms with van der Waals surface area (Å²) >= 11 is 0. The summed E-state index contributed by atoms with van der Waals surface area (Å²) in [5, 5.41) is 3.95. The summed E-state index contributed by atoms with van der Waals surface area (Å²) in [6.45, 7) is 6.70. The van der Waals surface area contributed by atoms with Gasteiger partial charge in [-0.05, 0) is 60.7 Å². The molecule has 0 aliphatic carbocycles. The zero-order valence-electron chi connectivity index (χ0n) is 16.9. The molecule has 0 aliphatic heterocycles. The van der Waals surface area contributed by atoms with Crippen molar-refractivity contribution >= 4 is 12.1 Å². The average molecular weight is 384 g/mol. The van der Waals surface area contributed by atoms with Crippen molar-refractivity contribution in [3.63, 3.8) is 0 Å². The third kappa shape index (κ3) is 6.30. The molecule has 2 aromatic carbocycles. The van der Waals surface area contributed by atoms with Crippen molar-refractivity contribution in [2.75, 3.05) is 20.3 Å². The van der Waals surface area contributed by atoms with Crippen LogP contribution in [0.3, 0.4) is 0 Å². The van der Waals surface area contributed by atoms with Crippen molar-refractivity contribution < 1.29 is 19.0 Å². The predicted molar refractivity (Wildman–Crippen MR) is 111 cm³/mol. The maximum absolute atomic E-state index is 11.9. The van der Waals surface area contributed by atoms with Gasteiger partial charge in [-0.3, -0.25) is 4.79 Å². The minimum atomic E-state index is -0.333. The summed E-state index contributed by atoms with van der Waals surface area (Å²) in [4.78, 5) is 11.9. The Morgan fingerprint density at radius 3 is 2.50 bits per heavy atom. The van der Waals surface area contributed by atoms with Gasteiger partial charge in [0.15, 0.2) is 18.1 Å². The molecule has 0 heterocycles. The van der Waals surface area contributed by atoms with Crippen molar-refractivity contribution in [1.82, 2.24) is 5.43 Å². The molecule has 1 amide bonds. The van der Waals surface area contributed by atoms with E-state index in [1.165, 1.54) is 11.8 Å². The molecule has 0 spiro atoms. The van der Waals surface area contributed by atoms with E-state index >= 15 is 0 Å². The number of hydrazone groups is 1. The standard InChI is InChI=1S/C22H28N2O4/c1-5-16(3)18-8-10-19(11-9-18)28-15-22(25)24-23-14-17-7-12-20(27-6-2)21(13-17)26-4/h7-14,16H,5-6,15H2,1-4H3,(H,24,25)/b23-14+. The van der Waals surface area contributed by atoms with Crippen LogP contribution in [-0.4, -0.2) is 32.4 Å². The fourth-order valence-electron chi connectivity index (χ4n) is 2.53. The fourth-order valence-corrected chi connectivity index (χ4v) is 2.53. The van der Waals surface area contributed by atoms with E-state index in [1.807, 2.05) is 37.3 Å². The Balaban J connectivity index is 1.83. The number of rotatable bonds is 10. The number of carbonyl (C=O) groups is 1. The van der Waals surface area contributed by atoms with E-state index in [1.54, 1.807) is 19.2 Å². The first-order chi connectivity index (χ1) is 13.6. The topological polar surface area (TPSA) is 69.2 Å². The van der Waals surface area contributed by atoms with E-state index in [4.69, 9.17) is 14.2 Å². The molecule has 150 valence electrons. The highest BCUT2D eigenvalue weighted by molar-refractivity contribution is 5.83. The van der Waals surface area contributed by atoms with E-state index in [-0.39, 0.29) is 12.5 Å². The molecule has 1 unspecified atom stereocenters. The zero-order chi connectivity index (χ0) is 20.4. The third-order valence-electron chi connectivity index (χ3n) is 4.32. The van der Waals surface area contributed by atoms with E-state index in [0.717, 1.165) is 12.0 Å². The molecule has 2 aromatic rings. The Morgan fingerprint density at radius 1 is 1.11 bits per heavy atom. The quantitative estimate of drug-likeness (QED) is 0.494. The van der Waals surface area contributed by atoms with Crippen LogP contribution in [0.4, 0.5) is 0 Å². The summed E-state index contributed by atoms with van der Waals surface area (Å²) in [7, 11) is 1.58. The predicted octanol–water partition coefficient (Wildman–Crippen LogP) is 4.14. The normalized spacial score (nSPS) is 11.9. The van der Waals surface area contributed by atoms with E-state index in [0.29, 0.717) is 29.8 Å². The number of hydrogen-bond donors (Lipinski definition) is 1. The highest BCUT2D eigenvalue weighted by Crippen LogP contribution is 2.27. The number of nitrogens with zero attached hydrogens (tertiary/aromatic N) is 1. The summed E-state index contributed by atoms with van der Waals surface area (Å²) in [5.41, 5.74) is 4.49. The molecule has 0 aliphatic rings. The Kier molecular flexibility index (Phi) is 8.34. The molecule has 0 saturated heterocycles. The number of amides is 1. The molecule has 6 nitrogen and oxygen atoms in total. The summed E-state index contributed by atoms with van der Waals surface area (Å²) in [6.07, 6.45) is 2.62. The van der Waals surface area contributed by atoms with Gasteiger partial charge < -0.3 is 14.2 Å². The summed E-state index contributed by atoms with van der Waals surface area (Å²) < 4.78 is 16.3. The molecule has 28 heavy (non-hydrogen) atoms. The lowest BCUT2D eigenvalue weighted by Crippen LogP contribution is -2.24. The molecule has 1 N–H and O–H groups in total. The molecular weight excluding hydrogens is 356 g/mol. The van der Waals surface area contributed by atoms with Crippen LogP contribution in [0.25, 0.3) is 0 Å². The number of methoxy groups -OCH3 is 1. The Bertz CT molecular complexity index is 788. The second kappa shape index (κ2) is 11.0. The van der Waals surface area contributed by atoms with E-state index < -0.39 is 0 Å². The Hall–Kier alpha value is -3.02. The average Bonchev–Trinajstić information content (AvgIpc) is 2.73. The van der Waals surface area contributed by atoms with Crippen LogP contribution in [0, 0.1) is 0 Å². The minimum absolute atomic E-state index is 0.105. The first-order valence-electron chi connectivity index (χ1n) is 9.42. The SMILES string of the molecule is CCOc1ccc(/C=N/NC(=O)COc2ccc(C(C)CC)cc2)cc1OC. The molecule has 6 heteroatoms. The van der Waals surface area contributed by atoms with Crippen LogP contribution in [-0.2, 0) is 4.79 Å². The maximum atomic E-state index is 11.9. The van der Waals surface area contributed by atoms with Crippen molar-refractivity contribution in [3.8, 4) is 17.2 Å². The van der Waals surface area contributed by atoms with Gasteiger partial charge >= 0.3 is 0 Å². The van der Waals surface area contributed by atoms with Gasteiger partial charge in [0.2, 0.25) is 0 Å². The van der Waals surface area contributed by atoms with Crippen LogP contribution in [0.2, 0.25) is 0 Å². The third-order valence-corrected chi connectivity index (χ3v) is 4.32. The lowest BCUT2D eigenvalue weighted by Gasteiger charge is -2.10. The second-order valence-electron chi connectivity index (χ2n) is 6.30. The molecule has 1 atom stereocenters. The van der Waals surface area contributed by atoms with Crippen molar-refractivity contribution in [2.24, 2.45) is 5.10 Å². The van der Waals surface area contributed by atoms with Crippen LogP contribution >= 0.6 is 0 Å². The second-order valence-corrected chi connectivity index (χ2v) is 6.30. The van der Waals surface area contributed by atoms with E-state index in [2.05, 4.69) is 24.4 Å². The monoisotopic (exact) mass is 384 g/mol. The fraction of sp³-hybridized carbons (Fsp3) is 0.364. The van der Waals surface area contributed by atoms with Crippen molar-refractivity contribution in [2.45, 2.75) is 33.1 Å². The maximum Gasteiger partial charge on any atom is 0.277 e. The highest BCUT2D eigenvalue weighted by atomic mass is 16.5.